The summed E-state index contributed by atoms with van der Waals surface area (Å²) in [6.45, 7) is 1.71. The molecule has 0 saturated carbocycles. The number of nitrogens with one attached hydrogen (secondary N) is 3. The monoisotopic (exact) mass is 287 g/mol. The number of rotatable bonds is 3. The second kappa shape index (κ2) is 5.71. The third-order valence-electron chi connectivity index (χ3n) is 2.83. The highest BCUT2D eigenvalue weighted by Gasteiger charge is 2.07. The number of hydrogen-bond acceptors (Lipinski definition) is 1. The number of anilines is 2. The Kier molecular flexibility index (Phi) is 1.85. The topological polar surface area (TPSA) is 56.9 Å². The molecule has 3 aromatic rings. The zero-order valence-electron chi connectivity index (χ0n) is 19.2. The number of benzene rings is 2. The van der Waals surface area contributed by atoms with E-state index in [-0.39, 0.29) is 64.1 Å². The van der Waals surface area contributed by atoms with E-state index in [0.717, 1.165) is 0 Å². The minimum Gasteiger partial charge on any atom is -0.359 e. The number of aromatic amines is 1. The van der Waals surface area contributed by atoms with Crippen molar-refractivity contribution in [3.05, 3.63) is 60.1 Å². The second-order valence-corrected chi connectivity index (χ2v) is 4.24. The summed E-state index contributed by atoms with van der Waals surface area (Å²) in [4.78, 5) is 15.1. The lowest BCUT2D eigenvalue weighted by molar-refractivity contribution is 0.262. The van der Waals surface area contributed by atoms with E-state index in [2.05, 4.69) is 15.6 Å². The Labute approximate surface area is 134 Å². The fraction of sp³-hybridized carbons (Fsp3) is 0.118. The Hall–Kier alpha value is -2.75. The molecule has 0 aliphatic heterocycles. The molecule has 3 N–H and O–H groups in total. The fourth-order valence-corrected chi connectivity index (χ4v) is 1.78. The molecule has 0 aliphatic carbocycles. The van der Waals surface area contributed by atoms with E-state index in [1.54, 1.807) is 6.92 Å². The molecule has 0 saturated heterocycles. The highest BCUT2D eigenvalue weighted by molar-refractivity contribution is 6.05. The standard InChI is InChI=1S/C17H17N3O/c1-2-12-7-9-13(10-8-12)19-17(21)20-16-11-18-15-6-4-3-5-14(15)16/h3-11,18H,2H2,1H3,(H2,19,20,21)/i3D,4D,5D,6D,7D,8D,9D,10D. The summed E-state index contributed by atoms with van der Waals surface area (Å²) in [5, 5.41) is 4.83. The number of fused-ring (bicyclic) bond motifs is 1. The first-order chi connectivity index (χ1) is 13.6. The van der Waals surface area contributed by atoms with Gasteiger partial charge in [0, 0.05) is 22.8 Å². The number of aromatic nitrogens is 1. The summed E-state index contributed by atoms with van der Waals surface area (Å²) < 4.78 is 63.4. The molecule has 4 heteroatoms. The lowest BCUT2D eigenvalue weighted by Gasteiger charge is -2.07. The van der Waals surface area contributed by atoms with Crippen LogP contribution in [0.4, 0.5) is 16.2 Å². The van der Waals surface area contributed by atoms with E-state index >= 15 is 0 Å². The fourth-order valence-electron chi connectivity index (χ4n) is 1.78. The summed E-state index contributed by atoms with van der Waals surface area (Å²) >= 11 is 0. The van der Waals surface area contributed by atoms with E-state index < -0.39 is 18.1 Å². The first-order valence-electron chi connectivity index (χ1n) is 10.3. The van der Waals surface area contributed by atoms with Gasteiger partial charge in [-0.3, -0.25) is 0 Å². The van der Waals surface area contributed by atoms with Gasteiger partial charge in [-0.1, -0.05) is 37.1 Å². The summed E-state index contributed by atoms with van der Waals surface area (Å²) in [7, 11) is 0. The highest BCUT2D eigenvalue weighted by Crippen LogP contribution is 2.22. The maximum absolute atomic E-state index is 12.4. The van der Waals surface area contributed by atoms with Gasteiger partial charge in [0.05, 0.1) is 16.7 Å². The molecule has 106 valence electrons. The van der Waals surface area contributed by atoms with Gasteiger partial charge in [0.1, 0.15) is 0 Å². The van der Waals surface area contributed by atoms with Crippen LogP contribution in [0, 0.1) is 0 Å². The van der Waals surface area contributed by atoms with Gasteiger partial charge in [0.25, 0.3) is 0 Å². The minimum atomic E-state index is -0.872. The Morgan fingerprint density at radius 2 is 1.90 bits per heavy atom. The molecule has 3 rings (SSSR count). The highest BCUT2D eigenvalue weighted by atomic mass is 16.2. The van der Waals surface area contributed by atoms with Crippen LogP contribution in [0.25, 0.3) is 10.9 Å². The Bertz CT molecular complexity index is 1130. The quantitative estimate of drug-likeness (QED) is 0.658. The molecule has 0 radical (unpaired) electrons. The molecule has 21 heavy (non-hydrogen) atoms. The van der Waals surface area contributed by atoms with Crippen LogP contribution in [-0.2, 0) is 6.42 Å². The molecule has 0 fully saturated rings. The number of urea groups is 1. The number of hydrogen-bond donors (Lipinski definition) is 3. The SMILES string of the molecule is [2H]c1c([2H])c(NC(=O)Nc2c[nH]c3c([2H])c([2H])c([2H])c([2H])c23)c([2H])c([2H])c1CC. The van der Waals surface area contributed by atoms with Gasteiger partial charge < -0.3 is 15.6 Å². The normalized spacial score (nSPS) is 15.9. The molecular formula is C17H17N3O. The molecule has 0 bridgehead atoms. The maximum Gasteiger partial charge on any atom is 0.323 e. The second-order valence-electron chi connectivity index (χ2n) is 4.24. The predicted octanol–water partition coefficient (Wildman–Crippen LogP) is 4.37. The predicted molar refractivity (Wildman–Crippen MR) is 86.8 cm³/mol. The van der Waals surface area contributed by atoms with Crippen LogP contribution in [0.1, 0.15) is 23.5 Å². The smallest absolute Gasteiger partial charge is 0.323 e. The molecule has 1 aromatic heterocycles. The maximum atomic E-state index is 12.4. The van der Waals surface area contributed by atoms with Gasteiger partial charge in [-0.05, 0) is 30.1 Å². The van der Waals surface area contributed by atoms with Crippen molar-refractivity contribution in [2.45, 2.75) is 13.3 Å². The molecule has 4 nitrogen and oxygen atoms in total. The van der Waals surface area contributed by atoms with Crippen LogP contribution in [0.15, 0.2) is 54.5 Å². The molecule has 0 aliphatic rings. The molecule has 2 amide bonds. The van der Waals surface area contributed by atoms with Crippen LogP contribution in [0.3, 0.4) is 0 Å². The number of para-hydroxylation sites is 1. The molecular weight excluding hydrogens is 262 g/mol. The van der Waals surface area contributed by atoms with Crippen LogP contribution in [0.5, 0.6) is 0 Å². The molecule has 0 atom stereocenters. The zero-order chi connectivity index (χ0) is 21.6. The third-order valence-corrected chi connectivity index (χ3v) is 2.83. The zero-order valence-corrected chi connectivity index (χ0v) is 11.2. The number of carbonyl (C=O) groups is 1. The number of H-pyrrole nitrogens is 1. The van der Waals surface area contributed by atoms with Crippen molar-refractivity contribution in [3.8, 4) is 0 Å². The molecule has 2 aromatic carbocycles. The van der Waals surface area contributed by atoms with Crippen LogP contribution < -0.4 is 10.6 Å². The van der Waals surface area contributed by atoms with E-state index in [1.807, 2.05) is 0 Å². The average molecular weight is 287 g/mol. The minimum absolute atomic E-state index is 0.0879. The van der Waals surface area contributed by atoms with Crippen molar-refractivity contribution in [3.63, 3.8) is 0 Å². The molecule has 0 unspecified atom stereocenters. The third kappa shape index (κ3) is 2.89. The summed E-state index contributed by atoms with van der Waals surface area (Å²) in [5.41, 5.74) is 0.183. The Morgan fingerprint density at radius 3 is 2.67 bits per heavy atom. The van der Waals surface area contributed by atoms with Gasteiger partial charge in [0.2, 0.25) is 0 Å². The van der Waals surface area contributed by atoms with E-state index in [9.17, 15) is 4.79 Å². The van der Waals surface area contributed by atoms with Crippen molar-refractivity contribution >= 4 is 28.3 Å². The van der Waals surface area contributed by atoms with Crippen LogP contribution in [-0.4, -0.2) is 11.0 Å². The number of amides is 2. The average Bonchev–Trinajstić information content (AvgIpc) is 3.10. The first kappa shape index (κ1) is 6.80. The van der Waals surface area contributed by atoms with Gasteiger partial charge in [-0.2, -0.15) is 0 Å². The van der Waals surface area contributed by atoms with Gasteiger partial charge in [-0.15, -0.1) is 0 Å². The van der Waals surface area contributed by atoms with E-state index in [1.165, 1.54) is 6.20 Å². The summed E-state index contributed by atoms with van der Waals surface area (Å²) in [6, 6.07) is -3.53. The molecule has 1 heterocycles. The number of carbonyl (C=O) groups excluding carboxylic acids is 1. The van der Waals surface area contributed by atoms with Gasteiger partial charge in [0.15, 0.2) is 0 Å². The molecule has 0 spiro atoms. The van der Waals surface area contributed by atoms with Crippen molar-refractivity contribution in [1.82, 2.24) is 4.98 Å². The van der Waals surface area contributed by atoms with Gasteiger partial charge in [-0.25, -0.2) is 4.79 Å². The summed E-state index contributed by atoms with van der Waals surface area (Å²) in [5.74, 6) is 0. The van der Waals surface area contributed by atoms with Crippen molar-refractivity contribution < 1.29 is 15.8 Å². The lowest BCUT2D eigenvalue weighted by Crippen LogP contribution is -2.19. The van der Waals surface area contributed by atoms with Crippen LogP contribution >= 0.6 is 0 Å². The van der Waals surface area contributed by atoms with Crippen molar-refractivity contribution in [1.29, 1.82) is 0 Å². The van der Waals surface area contributed by atoms with Crippen LogP contribution in [0.2, 0.25) is 0 Å². The Balaban J connectivity index is 1.98. The lowest BCUT2D eigenvalue weighted by atomic mass is 10.1. The van der Waals surface area contributed by atoms with Crippen molar-refractivity contribution in [2.24, 2.45) is 0 Å². The Morgan fingerprint density at radius 1 is 1.14 bits per heavy atom. The van der Waals surface area contributed by atoms with Crippen molar-refractivity contribution in [2.75, 3.05) is 10.6 Å². The first-order valence-corrected chi connectivity index (χ1v) is 6.34. The summed E-state index contributed by atoms with van der Waals surface area (Å²) in [6.07, 6.45) is 1.63. The van der Waals surface area contributed by atoms with E-state index in [0.29, 0.717) is 6.42 Å². The van der Waals surface area contributed by atoms with Gasteiger partial charge >= 0.3 is 6.03 Å². The van der Waals surface area contributed by atoms with E-state index in [4.69, 9.17) is 11.0 Å². The largest absolute Gasteiger partial charge is 0.359 e.